The normalized spacial score (nSPS) is 12.1. The van der Waals surface area contributed by atoms with Gasteiger partial charge in [-0.1, -0.05) is 30.0 Å². The van der Waals surface area contributed by atoms with E-state index in [1.165, 1.54) is 11.8 Å². The van der Waals surface area contributed by atoms with E-state index in [0.29, 0.717) is 11.8 Å². The summed E-state index contributed by atoms with van der Waals surface area (Å²) in [5.41, 5.74) is 0.876. The molecule has 116 valence electrons. The Morgan fingerprint density at radius 1 is 1.13 bits per heavy atom. The van der Waals surface area contributed by atoms with Crippen molar-refractivity contribution < 1.29 is 4.79 Å². The number of fused-ring (bicyclic) bond motifs is 1. The van der Waals surface area contributed by atoms with Crippen LogP contribution < -0.4 is 5.32 Å². The molecular formula is C16H15N5OS. The number of carbonyl (C=O) groups excluding carboxylic acids is 1. The number of para-hydroxylation sites is 1. The van der Waals surface area contributed by atoms with Crippen LogP contribution in [-0.4, -0.2) is 31.1 Å². The molecule has 1 N–H and O–H groups in total. The lowest BCUT2D eigenvalue weighted by molar-refractivity contribution is -0.115. The molecule has 7 heteroatoms. The standard InChI is InChI=1S/C16H15N5OS/c1-10(14(22)21-16-17-8-5-9-18-16)23-15-12-6-3-4-7-13(12)19-11(2)20-15/h3-10H,1-2H3,(H,17,18,21,22). The van der Waals surface area contributed by atoms with Crippen LogP contribution in [0.2, 0.25) is 0 Å². The lowest BCUT2D eigenvalue weighted by atomic mass is 10.2. The lowest BCUT2D eigenvalue weighted by Gasteiger charge is -2.12. The Balaban J connectivity index is 1.80. The first kappa shape index (κ1) is 15.4. The van der Waals surface area contributed by atoms with Crippen LogP contribution in [0.3, 0.4) is 0 Å². The summed E-state index contributed by atoms with van der Waals surface area (Å²) >= 11 is 1.40. The quantitative estimate of drug-likeness (QED) is 0.587. The average molecular weight is 325 g/mol. The molecule has 0 aliphatic carbocycles. The number of anilines is 1. The van der Waals surface area contributed by atoms with Gasteiger partial charge < -0.3 is 0 Å². The molecule has 0 bridgehead atoms. The van der Waals surface area contributed by atoms with Crippen molar-refractivity contribution in [1.29, 1.82) is 0 Å². The van der Waals surface area contributed by atoms with Gasteiger partial charge in [0.25, 0.3) is 0 Å². The van der Waals surface area contributed by atoms with E-state index in [9.17, 15) is 4.79 Å². The van der Waals surface area contributed by atoms with E-state index in [4.69, 9.17) is 0 Å². The largest absolute Gasteiger partial charge is 0.294 e. The fourth-order valence-electron chi connectivity index (χ4n) is 2.04. The molecule has 1 unspecified atom stereocenters. The van der Waals surface area contributed by atoms with Gasteiger partial charge in [-0.05, 0) is 26.0 Å². The number of hydrogen-bond donors (Lipinski definition) is 1. The zero-order valence-electron chi connectivity index (χ0n) is 12.7. The average Bonchev–Trinajstić information content (AvgIpc) is 2.55. The van der Waals surface area contributed by atoms with Crippen LogP contribution in [0, 0.1) is 6.92 Å². The number of nitrogens with zero attached hydrogens (tertiary/aromatic N) is 4. The molecule has 0 fully saturated rings. The fourth-order valence-corrected chi connectivity index (χ4v) is 3.03. The Bertz CT molecular complexity index is 840. The van der Waals surface area contributed by atoms with Crippen LogP contribution in [0.15, 0.2) is 47.8 Å². The van der Waals surface area contributed by atoms with Crippen LogP contribution in [0.25, 0.3) is 10.9 Å². The summed E-state index contributed by atoms with van der Waals surface area (Å²) in [6.07, 6.45) is 3.17. The summed E-state index contributed by atoms with van der Waals surface area (Å²) in [5.74, 6) is 0.820. The maximum atomic E-state index is 12.3. The second-order valence-electron chi connectivity index (χ2n) is 4.91. The molecule has 0 spiro atoms. The minimum Gasteiger partial charge on any atom is -0.294 e. The molecule has 2 aromatic heterocycles. The van der Waals surface area contributed by atoms with Crippen LogP contribution in [0.4, 0.5) is 5.95 Å². The van der Waals surface area contributed by atoms with Crippen molar-refractivity contribution in [2.24, 2.45) is 0 Å². The van der Waals surface area contributed by atoms with Crippen molar-refractivity contribution in [2.45, 2.75) is 24.1 Å². The number of aromatic nitrogens is 4. The fraction of sp³-hybridized carbons (Fsp3) is 0.188. The lowest BCUT2D eigenvalue weighted by Crippen LogP contribution is -2.23. The first-order valence-corrected chi connectivity index (χ1v) is 7.99. The number of rotatable bonds is 4. The Hall–Kier alpha value is -2.54. The van der Waals surface area contributed by atoms with Crippen LogP contribution in [0.5, 0.6) is 0 Å². The second kappa shape index (κ2) is 6.70. The van der Waals surface area contributed by atoms with Gasteiger partial charge in [-0.15, -0.1) is 0 Å². The highest BCUT2D eigenvalue weighted by Crippen LogP contribution is 2.28. The molecule has 3 rings (SSSR count). The molecule has 0 aliphatic heterocycles. The van der Waals surface area contributed by atoms with Gasteiger partial charge in [-0.3, -0.25) is 10.1 Å². The van der Waals surface area contributed by atoms with Gasteiger partial charge in [0.15, 0.2) is 0 Å². The van der Waals surface area contributed by atoms with Crippen molar-refractivity contribution in [3.05, 3.63) is 48.5 Å². The van der Waals surface area contributed by atoms with Gasteiger partial charge in [0, 0.05) is 17.8 Å². The van der Waals surface area contributed by atoms with Crippen molar-refractivity contribution in [1.82, 2.24) is 19.9 Å². The number of thioether (sulfide) groups is 1. The molecule has 23 heavy (non-hydrogen) atoms. The minimum absolute atomic E-state index is 0.165. The molecule has 0 saturated heterocycles. The molecule has 1 aromatic carbocycles. The van der Waals surface area contributed by atoms with Gasteiger partial charge in [0.2, 0.25) is 11.9 Å². The summed E-state index contributed by atoms with van der Waals surface area (Å²) in [7, 11) is 0. The summed E-state index contributed by atoms with van der Waals surface area (Å²) in [4.78, 5) is 29.2. The molecule has 1 amide bonds. The molecule has 1 atom stereocenters. The van der Waals surface area contributed by atoms with E-state index >= 15 is 0 Å². The van der Waals surface area contributed by atoms with Gasteiger partial charge in [0.1, 0.15) is 10.9 Å². The number of carbonyl (C=O) groups is 1. The predicted molar refractivity (Wildman–Crippen MR) is 90.3 cm³/mol. The third-order valence-electron chi connectivity index (χ3n) is 3.14. The van der Waals surface area contributed by atoms with Crippen LogP contribution in [-0.2, 0) is 4.79 Å². The molecule has 0 saturated carbocycles. The van der Waals surface area contributed by atoms with E-state index in [1.807, 2.05) is 38.1 Å². The number of nitrogens with one attached hydrogen (secondary N) is 1. The van der Waals surface area contributed by atoms with Gasteiger partial charge in [-0.25, -0.2) is 19.9 Å². The summed E-state index contributed by atoms with van der Waals surface area (Å²) in [6.45, 7) is 3.67. The molecule has 3 aromatic rings. The number of aryl methyl sites for hydroxylation is 1. The Labute approximate surface area is 137 Å². The van der Waals surface area contributed by atoms with Crippen LogP contribution >= 0.6 is 11.8 Å². The van der Waals surface area contributed by atoms with Crippen molar-refractivity contribution >= 4 is 34.5 Å². The maximum Gasteiger partial charge on any atom is 0.239 e. The van der Waals surface area contributed by atoms with E-state index < -0.39 is 0 Å². The van der Waals surface area contributed by atoms with E-state index in [-0.39, 0.29) is 11.2 Å². The monoisotopic (exact) mass is 325 g/mol. The Morgan fingerprint density at radius 3 is 2.65 bits per heavy atom. The molecule has 2 heterocycles. The topological polar surface area (TPSA) is 80.7 Å². The zero-order chi connectivity index (χ0) is 16.2. The molecule has 0 radical (unpaired) electrons. The Kier molecular flexibility index (Phi) is 4.47. The van der Waals surface area contributed by atoms with Crippen molar-refractivity contribution in [3.63, 3.8) is 0 Å². The molecule has 0 aliphatic rings. The number of hydrogen-bond acceptors (Lipinski definition) is 6. The van der Waals surface area contributed by atoms with Gasteiger partial charge in [0.05, 0.1) is 10.8 Å². The maximum absolute atomic E-state index is 12.3. The summed E-state index contributed by atoms with van der Waals surface area (Å²) in [6, 6.07) is 9.47. The third-order valence-corrected chi connectivity index (χ3v) is 4.24. The minimum atomic E-state index is -0.337. The SMILES string of the molecule is Cc1nc(SC(C)C(=O)Nc2ncccn2)c2ccccc2n1. The second-order valence-corrected chi connectivity index (χ2v) is 6.24. The van der Waals surface area contributed by atoms with Gasteiger partial charge >= 0.3 is 0 Å². The van der Waals surface area contributed by atoms with E-state index in [0.717, 1.165) is 15.9 Å². The highest BCUT2D eigenvalue weighted by Gasteiger charge is 2.18. The highest BCUT2D eigenvalue weighted by atomic mass is 32.2. The zero-order valence-corrected chi connectivity index (χ0v) is 13.5. The predicted octanol–water partition coefficient (Wildman–Crippen LogP) is 2.85. The van der Waals surface area contributed by atoms with Gasteiger partial charge in [-0.2, -0.15) is 0 Å². The van der Waals surface area contributed by atoms with Crippen molar-refractivity contribution in [3.8, 4) is 0 Å². The number of amides is 1. The molecule has 6 nitrogen and oxygen atoms in total. The first-order valence-electron chi connectivity index (χ1n) is 7.11. The summed E-state index contributed by atoms with van der Waals surface area (Å²) in [5, 5.41) is 4.10. The Morgan fingerprint density at radius 2 is 1.87 bits per heavy atom. The van der Waals surface area contributed by atoms with Crippen molar-refractivity contribution in [2.75, 3.05) is 5.32 Å². The smallest absolute Gasteiger partial charge is 0.239 e. The van der Waals surface area contributed by atoms with Crippen LogP contribution in [0.1, 0.15) is 12.7 Å². The van der Waals surface area contributed by atoms with E-state index in [2.05, 4.69) is 25.3 Å². The molecular weight excluding hydrogens is 310 g/mol. The van der Waals surface area contributed by atoms with E-state index in [1.54, 1.807) is 18.5 Å². The third kappa shape index (κ3) is 3.62. The number of benzene rings is 1. The highest BCUT2D eigenvalue weighted by molar-refractivity contribution is 8.00. The summed E-state index contributed by atoms with van der Waals surface area (Å²) < 4.78 is 0. The first-order chi connectivity index (χ1) is 11.1.